The summed E-state index contributed by atoms with van der Waals surface area (Å²) >= 11 is 7.05. The number of halogens is 1. The predicted octanol–water partition coefficient (Wildman–Crippen LogP) is 3.13. The number of carbonyl (C=O) groups is 3. The number of ether oxygens (including phenoxy) is 1. The van der Waals surface area contributed by atoms with Crippen LogP contribution < -0.4 is 16.2 Å². The van der Waals surface area contributed by atoms with Gasteiger partial charge in [-0.1, -0.05) is 17.7 Å². The molecule has 34 heavy (non-hydrogen) atoms. The fourth-order valence-corrected chi connectivity index (χ4v) is 4.72. The molecule has 0 saturated carbocycles. The van der Waals surface area contributed by atoms with E-state index in [-0.39, 0.29) is 24.4 Å². The molecule has 2 unspecified atom stereocenters. The molecule has 3 amide bonds. The van der Waals surface area contributed by atoms with Gasteiger partial charge in [0.2, 0.25) is 5.91 Å². The zero-order chi connectivity index (χ0) is 24.2. The molecule has 4 rings (SSSR count). The zero-order valence-electron chi connectivity index (χ0n) is 18.1. The summed E-state index contributed by atoms with van der Waals surface area (Å²) in [6, 6.07) is 13.6. The Morgan fingerprint density at radius 3 is 2.50 bits per heavy atom. The van der Waals surface area contributed by atoms with Crippen molar-refractivity contribution in [2.45, 2.75) is 18.5 Å². The van der Waals surface area contributed by atoms with E-state index in [2.05, 4.69) is 10.6 Å². The van der Waals surface area contributed by atoms with Gasteiger partial charge in [-0.05, 0) is 48.9 Å². The van der Waals surface area contributed by atoms with Crippen molar-refractivity contribution in [1.82, 2.24) is 14.8 Å². The minimum Gasteiger partial charge on any atom is -0.453 e. The van der Waals surface area contributed by atoms with E-state index < -0.39 is 24.1 Å². The van der Waals surface area contributed by atoms with E-state index >= 15 is 0 Å². The lowest BCUT2D eigenvalue weighted by atomic mass is 10.1. The number of amides is 3. The molecule has 11 heteroatoms. The quantitative estimate of drug-likeness (QED) is 0.559. The molecule has 1 aliphatic heterocycles. The molecular weight excluding hydrogens is 480 g/mol. The Balaban J connectivity index is 1.45. The van der Waals surface area contributed by atoms with Crippen LogP contribution >= 0.6 is 22.9 Å². The normalized spacial score (nSPS) is 17.3. The van der Waals surface area contributed by atoms with Crippen LogP contribution in [0.25, 0.3) is 5.69 Å². The number of anilines is 1. The summed E-state index contributed by atoms with van der Waals surface area (Å²) < 4.78 is 6.80. The average molecular weight is 501 g/mol. The van der Waals surface area contributed by atoms with Crippen LogP contribution in [-0.2, 0) is 9.53 Å². The molecule has 1 aromatic carbocycles. The van der Waals surface area contributed by atoms with Crippen LogP contribution in [0.5, 0.6) is 0 Å². The van der Waals surface area contributed by atoms with E-state index in [4.69, 9.17) is 16.3 Å². The van der Waals surface area contributed by atoms with E-state index in [0.717, 1.165) is 11.3 Å². The van der Waals surface area contributed by atoms with Gasteiger partial charge in [-0.3, -0.25) is 23.9 Å². The number of nitrogens with one attached hydrogen (secondary N) is 2. The second-order valence-corrected chi connectivity index (χ2v) is 9.31. The third-order valence-electron chi connectivity index (χ3n) is 5.38. The molecule has 0 bridgehead atoms. The number of hydrogen-bond donors (Lipinski definition) is 2. The van der Waals surface area contributed by atoms with Gasteiger partial charge in [-0.15, -0.1) is 11.3 Å². The molecule has 0 radical (unpaired) electrons. The molecule has 2 atom stereocenters. The maximum atomic E-state index is 13.0. The van der Waals surface area contributed by atoms with Crippen molar-refractivity contribution in [3.8, 4) is 5.69 Å². The number of nitrogens with zero attached hydrogens (tertiary/aromatic N) is 2. The minimum absolute atomic E-state index is 0.130. The maximum absolute atomic E-state index is 13.0. The van der Waals surface area contributed by atoms with Crippen LogP contribution in [0.3, 0.4) is 0 Å². The molecule has 9 nitrogen and oxygen atoms in total. The Morgan fingerprint density at radius 1 is 1.09 bits per heavy atom. The summed E-state index contributed by atoms with van der Waals surface area (Å²) in [5.41, 5.74) is 0.984. The number of likely N-dealkylation sites (tertiary alicyclic amines) is 1. The SMILES string of the molecule is COC(=O)N1CC(NC(=O)c2ccc(Cl)s2)CC1C(=O)Nc1ccc(-n2ccccc2=O)cc1. The molecule has 1 fully saturated rings. The number of rotatable bonds is 5. The summed E-state index contributed by atoms with van der Waals surface area (Å²) in [6.45, 7) is 0.130. The smallest absolute Gasteiger partial charge is 0.410 e. The number of hydrogen-bond acceptors (Lipinski definition) is 6. The number of pyridine rings is 1. The maximum Gasteiger partial charge on any atom is 0.410 e. The van der Waals surface area contributed by atoms with Gasteiger partial charge < -0.3 is 15.4 Å². The van der Waals surface area contributed by atoms with Gasteiger partial charge in [-0.25, -0.2) is 4.79 Å². The number of methoxy groups -OCH3 is 1. The fourth-order valence-electron chi connectivity index (χ4n) is 3.77. The van der Waals surface area contributed by atoms with Crippen molar-refractivity contribution < 1.29 is 19.1 Å². The van der Waals surface area contributed by atoms with Crippen LogP contribution in [-0.4, -0.2) is 53.1 Å². The van der Waals surface area contributed by atoms with Crippen LogP contribution in [0.1, 0.15) is 16.1 Å². The zero-order valence-corrected chi connectivity index (χ0v) is 19.6. The molecule has 0 spiro atoms. The summed E-state index contributed by atoms with van der Waals surface area (Å²) in [4.78, 5) is 51.5. The van der Waals surface area contributed by atoms with Crippen molar-refractivity contribution >= 4 is 46.5 Å². The highest BCUT2D eigenvalue weighted by Crippen LogP contribution is 2.24. The van der Waals surface area contributed by atoms with E-state index in [0.29, 0.717) is 20.6 Å². The number of benzene rings is 1. The minimum atomic E-state index is -0.832. The summed E-state index contributed by atoms with van der Waals surface area (Å²) in [7, 11) is 1.24. The highest BCUT2D eigenvalue weighted by molar-refractivity contribution is 7.18. The van der Waals surface area contributed by atoms with Gasteiger partial charge in [-0.2, -0.15) is 0 Å². The van der Waals surface area contributed by atoms with Gasteiger partial charge in [0.05, 0.1) is 16.3 Å². The first-order valence-corrected chi connectivity index (χ1v) is 11.5. The molecule has 2 aromatic heterocycles. The van der Waals surface area contributed by atoms with Gasteiger partial charge in [0.1, 0.15) is 6.04 Å². The summed E-state index contributed by atoms with van der Waals surface area (Å²) in [5, 5.41) is 5.64. The van der Waals surface area contributed by atoms with Crippen LogP contribution in [0.4, 0.5) is 10.5 Å². The standard InChI is InChI=1S/C23H21ClN4O5S/c1-33-23(32)28-13-15(26-22(31)18-9-10-19(24)34-18)12-17(28)21(30)25-14-5-7-16(8-6-14)27-11-3-2-4-20(27)29/h2-11,15,17H,12-13H2,1H3,(H,25,30)(H,26,31). The Bertz CT molecular complexity index is 1270. The van der Waals surface area contributed by atoms with Crippen molar-refractivity contribution in [2.75, 3.05) is 19.0 Å². The van der Waals surface area contributed by atoms with Crippen LogP contribution in [0, 0.1) is 0 Å². The lowest BCUT2D eigenvalue weighted by molar-refractivity contribution is -0.120. The summed E-state index contributed by atoms with van der Waals surface area (Å²) in [6.07, 6.45) is 1.22. The van der Waals surface area contributed by atoms with Crippen molar-refractivity contribution in [3.63, 3.8) is 0 Å². The molecular formula is C23H21ClN4O5S. The van der Waals surface area contributed by atoms with Gasteiger partial charge in [0, 0.05) is 36.2 Å². The monoisotopic (exact) mass is 500 g/mol. The van der Waals surface area contributed by atoms with Gasteiger partial charge in [0.15, 0.2) is 0 Å². The van der Waals surface area contributed by atoms with Crippen molar-refractivity contribution in [2.24, 2.45) is 0 Å². The summed E-state index contributed by atoms with van der Waals surface area (Å²) in [5.74, 6) is -0.731. The van der Waals surface area contributed by atoms with E-state index in [1.165, 1.54) is 22.6 Å². The highest BCUT2D eigenvalue weighted by atomic mass is 35.5. The highest BCUT2D eigenvalue weighted by Gasteiger charge is 2.41. The third kappa shape index (κ3) is 5.13. The Morgan fingerprint density at radius 2 is 1.85 bits per heavy atom. The van der Waals surface area contributed by atoms with Crippen molar-refractivity contribution in [1.29, 1.82) is 0 Å². The van der Waals surface area contributed by atoms with E-state index in [9.17, 15) is 19.2 Å². The van der Waals surface area contributed by atoms with Crippen molar-refractivity contribution in [3.05, 3.63) is 80.4 Å². The van der Waals surface area contributed by atoms with Crippen LogP contribution in [0.15, 0.2) is 65.6 Å². The first-order chi connectivity index (χ1) is 16.4. The largest absolute Gasteiger partial charge is 0.453 e. The van der Waals surface area contributed by atoms with E-state index in [1.807, 2.05) is 0 Å². The topological polar surface area (TPSA) is 110 Å². The molecule has 1 aliphatic rings. The number of carbonyl (C=O) groups excluding carboxylic acids is 3. The molecule has 3 aromatic rings. The first-order valence-electron chi connectivity index (χ1n) is 10.4. The lowest BCUT2D eigenvalue weighted by Gasteiger charge is -2.22. The molecule has 1 saturated heterocycles. The predicted molar refractivity (Wildman–Crippen MR) is 129 cm³/mol. The number of thiophene rings is 1. The van der Waals surface area contributed by atoms with E-state index in [1.54, 1.807) is 54.7 Å². The molecule has 3 heterocycles. The molecule has 0 aliphatic carbocycles. The molecule has 176 valence electrons. The lowest BCUT2D eigenvalue weighted by Crippen LogP contribution is -2.43. The Labute approximate surface area is 203 Å². The average Bonchev–Trinajstić information content (AvgIpc) is 3.46. The Kier molecular flexibility index (Phi) is 6.99. The van der Waals surface area contributed by atoms with Gasteiger partial charge >= 0.3 is 6.09 Å². The van der Waals surface area contributed by atoms with Crippen LogP contribution in [0.2, 0.25) is 4.34 Å². The number of aromatic nitrogens is 1. The van der Waals surface area contributed by atoms with Gasteiger partial charge in [0.25, 0.3) is 11.5 Å². The third-order valence-corrected chi connectivity index (χ3v) is 6.61. The molecule has 2 N–H and O–H groups in total. The fraction of sp³-hybridized carbons (Fsp3) is 0.217. The second-order valence-electron chi connectivity index (χ2n) is 7.59. The first kappa shape index (κ1) is 23.5. The Hall–Kier alpha value is -3.63. The second kappa shape index (κ2) is 10.1.